The first-order valence-electron chi connectivity index (χ1n) is 6.83. The summed E-state index contributed by atoms with van der Waals surface area (Å²) in [4.78, 5) is 11.6. The lowest BCUT2D eigenvalue weighted by Gasteiger charge is -2.14. The number of aliphatic hydroxyl groups excluding tert-OH is 1. The molecule has 0 fully saturated rings. The third-order valence-electron chi connectivity index (χ3n) is 2.93. The van der Waals surface area contributed by atoms with Crippen LogP contribution in [0.5, 0.6) is 5.75 Å². The number of hydrogen-bond donors (Lipinski definition) is 2. The number of halogens is 1. The Bertz CT molecular complexity index is 449. The molecule has 0 radical (unpaired) electrons. The van der Waals surface area contributed by atoms with E-state index in [0.717, 1.165) is 12.8 Å². The molecule has 1 unspecified atom stereocenters. The van der Waals surface area contributed by atoms with Crippen molar-refractivity contribution in [3.63, 3.8) is 0 Å². The van der Waals surface area contributed by atoms with E-state index in [1.165, 1.54) is 12.1 Å². The van der Waals surface area contributed by atoms with Crippen molar-refractivity contribution >= 4 is 5.91 Å². The zero-order valence-corrected chi connectivity index (χ0v) is 12.1. The first-order chi connectivity index (χ1) is 9.43. The Morgan fingerprint density at radius 1 is 1.45 bits per heavy atom. The van der Waals surface area contributed by atoms with Crippen LogP contribution in [0.1, 0.15) is 45.3 Å². The van der Waals surface area contributed by atoms with Crippen molar-refractivity contribution < 1.29 is 19.0 Å². The normalized spacial score (nSPS) is 13.7. The number of aliphatic hydroxyl groups is 1. The topological polar surface area (TPSA) is 58.6 Å². The van der Waals surface area contributed by atoms with Crippen LogP contribution in [0.3, 0.4) is 0 Å². The van der Waals surface area contributed by atoms with Crippen LogP contribution in [-0.2, 0) is 4.79 Å². The number of hydrogen-bond acceptors (Lipinski definition) is 3. The van der Waals surface area contributed by atoms with Gasteiger partial charge in [0, 0.05) is 6.04 Å². The lowest BCUT2D eigenvalue weighted by molar-refractivity contribution is -0.123. The maximum atomic E-state index is 13.7. The molecule has 0 saturated heterocycles. The van der Waals surface area contributed by atoms with Gasteiger partial charge in [0.05, 0.1) is 6.10 Å². The molecule has 0 aliphatic heterocycles. The average molecular weight is 283 g/mol. The third-order valence-corrected chi connectivity index (χ3v) is 2.93. The quantitative estimate of drug-likeness (QED) is 0.808. The Labute approximate surface area is 119 Å². The van der Waals surface area contributed by atoms with Crippen molar-refractivity contribution in [1.82, 2.24) is 5.32 Å². The van der Waals surface area contributed by atoms with E-state index in [9.17, 15) is 14.3 Å². The number of benzene rings is 1. The van der Waals surface area contributed by atoms with Gasteiger partial charge in [0.1, 0.15) is 0 Å². The highest BCUT2D eigenvalue weighted by Gasteiger charge is 2.11. The lowest BCUT2D eigenvalue weighted by atomic mass is 10.1. The van der Waals surface area contributed by atoms with Gasteiger partial charge < -0.3 is 15.2 Å². The van der Waals surface area contributed by atoms with Gasteiger partial charge in [-0.05, 0) is 38.0 Å². The Morgan fingerprint density at radius 2 is 2.15 bits per heavy atom. The van der Waals surface area contributed by atoms with Gasteiger partial charge in [0.15, 0.2) is 18.2 Å². The van der Waals surface area contributed by atoms with Gasteiger partial charge in [-0.25, -0.2) is 4.39 Å². The fourth-order valence-corrected chi connectivity index (χ4v) is 1.86. The molecular weight excluding hydrogens is 261 g/mol. The summed E-state index contributed by atoms with van der Waals surface area (Å²) in [5.41, 5.74) is 0.468. The van der Waals surface area contributed by atoms with E-state index in [0.29, 0.717) is 5.56 Å². The van der Waals surface area contributed by atoms with E-state index in [1.54, 1.807) is 13.0 Å². The van der Waals surface area contributed by atoms with Crippen molar-refractivity contribution in [2.75, 3.05) is 6.61 Å². The summed E-state index contributed by atoms with van der Waals surface area (Å²) >= 11 is 0. The standard InChI is InChI=1S/C15H22FNO3/c1-4-5-10(2)17-15(19)9-20-14-7-6-12(11(3)18)8-13(14)16/h6-8,10-11,18H,4-5,9H2,1-3H3,(H,17,19)/t10?,11-/m0/s1. The first kappa shape index (κ1) is 16.4. The highest BCUT2D eigenvalue weighted by Crippen LogP contribution is 2.21. The van der Waals surface area contributed by atoms with Crippen LogP contribution < -0.4 is 10.1 Å². The van der Waals surface area contributed by atoms with E-state index >= 15 is 0 Å². The summed E-state index contributed by atoms with van der Waals surface area (Å²) < 4.78 is 18.8. The summed E-state index contributed by atoms with van der Waals surface area (Å²) in [5.74, 6) is -0.851. The Kier molecular flexibility index (Phi) is 6.45. The van der Waals surface area contributed by atoms with Gasteiger partial charge in [-0.2, -0.15) is 0 Å². The molecule has 0 heterocycles. The molecule has 0 aliphatic rings. The Morgan fingerprint density at radius 3 is 2.70 bits per heavy atom. The number of rotatable bonds is 7. The molecule has 1 aromatic carbocycles. The van der Waals surface area contributed by atoms with Crippen LogP contribution >= 0.6 is 0 Å². The molecule has 20 heavy (non-hydrogen) atoms. The van der Waals surface area contributed by atoms with Crippen molar-refractivity contribution in [2.24, 2.45) is 0 Å². The van der Waals surface area contributed by atoms with Crippen LogP contribution in [0.25, 0.3) is 0 Å². The molecule has 112 valence electrons. The molecule has 5 heteroatoms. The number of ether oxygens (including phenoxy) is 1. The van der Waals surface area contributed by atoms with Crippen molar-refractivity contribution in [1.29, 1.82) is 0 Å². The van der Waals surface area contributed by atoms with E-state index in [2.05, 4.69) is 5.32 Å². The summed E-state index contributed by atoms with van der Waals surface area (Å²) in [6.45, 7) is 5.29. The molecule has 1 aromatic rings. The largest absolute Gasteiger partial charge is 0.481 e. The van der Waals surface area contributed by atoms with Gasteiger partial charge >= 0.3 is 0 Å². The third kappa shape index (κ3) is 5.17. The number of carbonyl (C=O) groups excluding carboxylic acids is 1. The van der Waals surface area contributed by atoms with Crippen molar-refractivity contribution in [3.05, 3.63) is 29.6 Å². The maximum Gasteiger partial charge on any atom is 0.258 e. The molecule has 2 atom stereocenters. The minimum atomic E-state index is -0.739. The lowest BCUT2D eigenvalue weighted by Crippen LogP contribution is -2.36. The molecule has 0 aliphatic carbocycles. The second-order valence-corrected chi connectivity index (χ2v) is 4.91. The fourth-order valence-electron chi connectivity index (χ4n) is 1.86. The van der Waals surface area contributed by atoms with Gasteiger partial charge in [-0.15, -0.1) is 0 Å². The van der Waals surface area contributed by atoms with Gasteiger partial charge in [0.25, 0.3) is 5.91 Å². The van der Waals surface area contributed by atoms with Gasteiger partial charge in [-0.1, -0.05) is 19.4 Å². The summed E-state index contributed by atoms with van der Waals surface area (Å²) in [6.07, 6.45) is 1.14. The second-order valence-electron chi connectivity index (χ2n) is 4.91. The number of amides is 1. The minimum absolute atomic E-state index is 0.00712. The van der Waals surface area contributed by atoms with Crippen molar-refractivity contribution in [3.8, 4) is 5.75 Å². The average Bonchev–Trinajstić information content (AvgIpc) is 2.37. The summed E-state index contributed by atoms with van der Waals surface area (Å²) in [6, 6.07) is 4.27. The highest BCUT2D eigenvalue weighted by atomic mass is 19.1. The predicted octanol–water partition coefficient (Wildman–Crippen LogP) is 2.56. The van der Waals surface area contributed by atoms with E-state index in [1.807, 2.05) is 13.8 Å². The number of carbonyl (C=O) groups is 1. The zero-order chi connectivity index (χ0) is 15.1. The van der Waals surface area contributed by atoms with Crippen LogP contribution in [0.15, 0.2) is 18.2 Å². The zero-order valence-electron chi connectivity index (χ0n) is 12.1. The SMILES string of the molecule is CCCC(C)NC(=O)COc1ccc([C@H](C)O)cc1F. The Hall–Kier alpha value is -1.62. The van der Waals surface area contributed by atoms with Crippen LogP contribution in [0.4, 0.5) is 4.39 Å². The Balaban J connectivity index is 2.51. The first-order valence-corrected chi connectivity index (χ1v) is 6.83. The van der Waals surface area contributed by atoms with E-state index in [4.69, 9.17) is 4.74 Å². The molecule has 0 bridgehead atoms. The maximum absolute atomic E-state index is 13.7. The predicted molar refractivity (Wildman–Crippen MR) is 75.0 cm³/mol. The molecule has 4 nitrogen and oxygen atoms in total. The smallest absolute Gasteiger partial charge is 0.258 e. The van der Waals surface area contributed by atoms with Gasteiger partial charge in [0.2, 0.25) is 0 Å². The molecule has 2 N–H and O–H groups in total. The van der Waals surface area contributed by atoms with Crippen molar-refractivity contribution in [2.45, 2.75) is 45.8 Å². The van der Waals surface area contributed by atoms with E-state index in [-0.39, 0.29) is 24.3 Å². The van der Waals surface area contributed by atoms with Gasteiger partial charge in [-0.3, -0.25) is 4.79 Å². The summed E-state index contributed by atoms with van der Waals surface area (Å²) in [5, 5.41) is 12.1. The number of nitrogens with one attached hydrogen (secondary N) is 1. The molecule has 1 rings (SSSR count). The molecular formula is C15H22FNO3. The fraction of sp³-hybridized carbons (Fsp3) is 0.533. The van der Waals surface area contributed by atoms with Crippen LogP contribution in [0.2, 0.25) is 0 Å². The minimum Gasteiger partial charge on any atom is -0.481 e. The van der Waals surface area contributed by atoms with Crippen LogP contribution in [0, 0.1) is 5.82 Å². The molecule has 0 saturated carbocycles. The van der Waals surface area contributed by atoms with Crippen LogP contribution in [-0.4, -0.2) is 23.7 Å². The summed E-state index contributed by atoms with van der Waals surface area (Å²) in [7, 11) is 0. The molecule has 0 aromatic heterocycles. The molecule has 0 spiro atoms. The molecule has 1 amide bonds. The monoisotopic (exact) mass is 283 g/mol. The highest BCUT2D eigenvalue weighted by molar-refractivity contribution is 5.77. The van der Waals surface area contributed by atoms with E-state index < -0.39 is 11.9 Å². The second kappa shape index (κ2) is 7.85.